The summed E-state index contributed by atoms with van der Waals surface area (Å²) in [5, 5.41) is 2.91. The Hall–Kier alpha value is -3.63. The second kappa shape index (κ2) is 7.89. The van der Waals surface area contributed by atoms with Gasteiger partial charge in [-0.15, -0.1) is 0 Å². The molecule has 0 unspecified atom stereocenters. The predicted octanol–water partition coefficient (Wildman–Crippen LogP) is 6.36. The molecule has 0 radical (unpaired) electrons. The fourth-order valence-corrected chi connectivity index (χ4v) is 5.18. The van der Waals surface area contributed by atoms with Crippen LogP contribution < -0.4 is 4.90 Å². The number of ketones is 2. The molecular weight excluding hydrogens is 402 g/mol. The van der Waals surface area contributed by atoms with Crippen LogP contribution in [0.5, 0.6) is 0 Å². The van der Waals surface area contributed by atoms with Crippen molar-refractivity contribution in [1.82, 2.24) is 0 Å². The van der Waals surface area contributed by atoms with Crippen LogP contribution in [0, 0.1) is 0 Å². The smallest absolute Gasteiger partial charge is 0.199 e. The van der Waals surface area contributed by atoms with Gasteiger partial charge >= 0.3 is 0 Å². The predicted molar refractivity (Wildman–Crippen MR) is 127 cm³/mol. The molecular formula is C27H19NO2S. The van der Waals surface area contributed by atoms with Crippen molar-refractivity contribution in [2.75, 3.05) is 11.9 Å². The average Bonchev–Trinajstić information content (AvgIpc) is 3.16. The van der Waals surface area contributed by atoms with Gasteiger partial charge in [-0.25, -0.2) is 0 Å². The summed E-state index contributed by atoms with van der Waals surface area (Å²) in [5.74, 6) is -0.526. The van der Waals surface area contributed by atoms with Crippen LogP contribution >= 0.6 is 11.8 Å². The quantitative estimate of drug-likeness (QED) is 0.166. The van der Waals surface area contributed by atoms with Gasteiger partial charge in [0.15, 0.2) is 11.6 Å². The van der Waals surface area contributed by atoms with Crippen LogP contribution in [0.2, 0.25) is 0 Å². The lowest BCUT2D eigenvalue weighted by molar-refractivity contribution is 0.0961. The minimum absolute atomic E-state index is 0.199. The number of nitrogens with zero attached hydrogens (tertiary/aromatic N) is 1. The Labute approximate surface area is 185 Å². The van der Waals surface area contributed by atoms with Crippen molar-refractivity contribution in [3.63, 3.8) is 0 Å². The third-order valence-electron chi connectivity index (χ3n) is 5.46. The van der Waals surface area contributed by atoms with Crippen LogP contribution in [0.25, 0.3) is 10.8 Å². The first-order valence-corrected chi connectivity index (χ1v) is 10.8. The molecule has 0 atom stereocenters. The van der Waals surface area contributed by atoms with E-state index in [1.165, 1.54) is 11.8 Å². The van der Waals surface area contributed by atoms with Gasteiger partial charge in [0.1, 0.15) is 5.57 Å². The number of benzene rings is 4. The number of hydrogen-bond acceptors (Lipinski definition) is 4. The molecule has 0 fully saturated rings. The number of allylic oxidation sites excluding steroid dienone is 1. The third kappa shape index (κ3) is 3.35. The summed E-state index contributed by atoms with van der Waals surface area (Å²) in [7, 11) is 1.92. The van der Waals surface area contributed by atoms with Gasteiger partial charge in [0.05, 0.1) is 10.7 Å². The Bertz CT molecular complexity index is 1290. The fraction of sp³-hybridized carbons (Fsp3) is 0.0370. The minimum Gasteiger partial charge on any atom is -0.337 e. The van der Waals surface area contributed by atoms with Crippen molar-refractivity contribution >= 4 is 39.8 Å². The van der Waals surface area contributed by atoms with Crippen molar-refractivity contribution in [2.45, 2.75) is 4.90 Å². The maximum atomic E-state index is 13.6. The molecule has 0 spiro atoms. The molecule has 150 valence electrons. The molecule has 0 amide bonds. The SMILES string of the molecule is CN1C(=C(C(=O)c2ccccc2)C(=O)c2ccccc2)Sc2c1ccc1ccccc21. The normalized spacial score (nSPS) is 12.7. The largest absolute Gasteiger partial charge is 0.337 e. The number of carbonyl (C=O) groups is 2. The third-order valence-corrected chi connectivity index (χ3v) is 6.77. The second-order valence-electron chi connectivity index (χ2n) is 7.37. The van der Waals surface area contributed by atoms with Crippen LogP contribution in [-0.2, 0) is 0 Å². The fourth-order valence-electron chi connectivity index (χ4n) is 3.86. The van der Waals surface area contributed by atoms with Gasteiger partial charge in [-0.3, -0.25) is 9.59 Å². The summed E-state index contributed by atoms with van der Waals surface area (Å²) in [5.41, 5.74) is 2.20. The van der Waals surface area contributed by atoms with Gasteiger partial charge in [-0.1, -0.05) is 103 Å². The highest BCUT2D eigenvalue weighted by atomic mass is 32.2. The summed E-state index contributed by atoms with van der Waals surface area (Å²) in [4.78, 5) is 30.2. The lowest BCUT2D eigenvalue weighted by atomic mass is 9.96. The van der Waals surface area contributed by atoms with Gasteiger partial charge in [0.2, 0.25) is 0 Å². The average molecular weight is 422 g/mol. The summed E-state index contributed by atoms with van der Waals surface area (Å²) in [6, 6.07) is 30.3. The molecule has 4 aromatic carbocycles. The van der Waals surface area contributed by atoms with E-state index in [1.54, 1.807) is 24.3 Å². The van der Waals surface area contributed by atoms with Crippen LogP contribution in [0.4, 0.5) is 5.69 Å². The molecule has 0 saturated heterocycles. The zero-order valence-corrected chi connectivity index (χ0v) is 17.7. The molecule has 4 heteroatoms. The van der Waals surface area contributed by atoms with E-state index in [0.29, 0.717) is 16.2 Å². The van der Waals surface area contributed by atoms with E-state index >= 15 is 0 Å². The Balaban J connectivity index is 1.71. The van der Waals surface area contributed by atoms with Crippen LogP contribution in [0.3, 0.4) is 0 Å². The number of Topliss-reactive ketones (excluding diaryl/α,β-unsaturated/α-hetero) is 2. The molecule has 3 nitrogen and oxygen atoms in total. The topological polar surface area (TPSA) is 37.4 Å². The molecule has 0 saturated carbocycles. The zero-order valence-electron chi connectivity index (χ0n) is 16.9. The monoisotopic (exact) mass is 421 g/mol. The van der Waals surface area contributed by atoms with Crippen LogP contribution in [-0.4, -0.2) is 18.6 Å². The first-order valence-electron chi connectivity index (χ1n) is 10.0. The van der Waals surface area contributed by atoms with E-state index in [2.05, 4.69) is 24.3 Å². The maximum Gasteiger partial charge on any atom is 0.199 e. The van der Waals surface area contributed by atoms with Gasteiger partial charge in [0, 0.05) is 23.1 Å². The van der Waals surface area contributed by atoms with Crippen molar-refractivity contribution < 1.29 is 9.59 Å². The number of rotatable bonds is 4. The van der Waals surface area contributed by atoms with Crippen LogP contribution in [0.1, 0.15) is 20.7 Å². The van der Waals surface area contributed by atoms with E-state index in [4.69, 9.17) is 0 Å². The highest BCUT2D eigenvalue weighted by Gasteiger charge is 2.33. The van der Waals surface area contributed by atoms with Crippen LogP contribution in [0.15, 0.2) is 113 Å². The molecule has 0 aromatic heterocycles. The van der Waals surface area contributed by atoms with Gasteiger partial charge in [-0.2, -0.15) is 0 Å². The van der Waals surface area contributed by atoms with Gasteiger partial charge in [-0.05, 0) is 16.8 Å². The van der Waals surface area contributed by atoms with E-state index in [9.17, 15) is 9.59 Å². The number of thioether (sulfide) groups is 1. The first kappa shape index (κ1) is 19.3. The van der Waals surface area contributed by atoms with E-state index in [-0.39, 0.29) is 17.1 Å². The molecule has 1 heterocycles. The lowest BCUT2D eigenvalue weighted by Gasteiger charge is -2.17. The molecule has 0 bridgehead atoms. The molecule has 0 aliphatic carbocycles. The van der Waals surface area contributed by atoms with E-state index in [0.717, 1.165) is 21.4 Å². The van der Waals surface area contributed by atoms with Gasteiger partial charge in [0.25, 0.3) is 0 Å². The number of anilines is 1. The first-order chi connectivity index (χ1) is 15.1. The molecule has 1 aliphatic rings. The standard InChI is InChI=1S/C27H19NO2S/c1-28-22-17-16-18-10-8-9-15-21(18)26(22)31-27(28)23(24(29)19-11-4-2-5-12-19)25(30)20-13-6-3-7-14-20/h2-17H,1H3. The highest BCUT2D eigenvalue weighted by Crippen LogP contribution is 2.50. The minimum atomic E-state index is -0.263. The highest BCUT2D eigenvalue weighted by molar-refractivity contribution is 8.04. The van der Waals surface area contributed by atoms with Crippen molar-refractivity contribution in [2.24, 2.45) is 0 Å². The van der Waals surface area contributed by atoms with Crippen molar-refractivity contribution in [3.8, 4) is 0 Å². The van der Waals surface area contributed by atoms with E-state index in [1.807, 2.05) is 60.5 Å². The Kier molecular flexibility index (Phi) is 4.92. The maximum absolute atomic E-state index is 13.6. The number of fused-ring (bicyclic) bond motifs is 3. The summed E-state index contributed by atoms with van der Waals surface area (Å²) in [6.45, 7) is 0. The Morgan fingerprint density at radius 2 is 1.23 bits per heavy atom. The molecule has 5 rings (SSSR count). The zero-order chi connectivity index (χ0) is 21.4. The van der Waals surface area contributed by atoms with Gasteiger partial charge < -0.3 is 4.90 Å². The number of hydrogen-bond donors (Lipinski definition) is 0. The molecule has 4 aromatic rings. The summed E-state index contributed by atoms with van der Waals surface area (Å²) in [6.07, 6.45) is 0. The molecule has 0 N–H and O–H groups in total. The molecule has 1 aliphatic heterocycles. The van der Waals surface area contributed by atoms with Crippen molar-refractivity contribution in [3.05, 3.63) is 119 Å². The number of carbonyl (C=O) groups excluding carboxylic acids is 2. The van der Waals surface area contributed by atoms with Crippen molar-refractivity contribution in [1.29, 1.82) is 0 Å². The Morgan fingerprint density at radius 3 is 1.84 bits per heavy atom. The Morgan fingerprint density at radius 1 is 0.677 bits per heavy atom. The second-order valence-corrected chi connectivity index (χ2v) is 8.37. The summed E-state index contributed by atoms with van der Waals surface area (Å²) < 4.78 is 0. The van der Waals surface area contributed by atoms with E-state index < -0.39 is 0 Å². The summed E-state index contributed by atoms with van der Waals surface area (Å²) >= 11 is 1.49. The lowest BCUT2D eigenvalue weighted by Crippen LogP contribution is -2.21. The molecule has 31 heavy (non-hydrogen) atoms.